The van der Waals surface area contributed by atoms with Crippen molar-refractivity contribution in [1.82, 2.24) is 5.32 Å². The Morgan fingerprint density at radius 2 is 1.80 bits per heavy atom. The fraction of sp³-hybridized carbons (Fsp3) is 0.429. The summed E-state index contributed by atoms with van der Waals surface area (Å²) in [5.41, 5.74) is -0.194. The van der Waals surface area contributed by atoms with Crippen LogP contribution in [-0.4, -0.2) is 23.5 Å². The molecule has 110 valence electrons. The van der Waals surface area contributed by atoms with E-state index < -0.39 is 23.5 Å². The average molecular weight is 285 g/mol. The lowest BCUT2D eigenvalue weighted by atomic mass is 10.00. The first-order chi connectivity index (χ1) is 9.31. The molecule has 0 radical (unpaired) electrons. The van der Waals surface area contributed by atoms with E-state index >= 15 is 0 Å². The lowest BCUT2D eigenvalue weighted by Crippen LogP contribution is -2.26. The van der Waals surface area contributed by atoms with Crippen LogP contribution in [0.5, 0.6) is 0 Å². The second kappa shape index (κ2) is 6.98. The van der Waals surface area contributed by atoms with Crippen molar-refractivity contribution in [2.45, 2.75) is 26.7 Å². The molecule has 0 heterocycles. The van der Waals surface area contributed by atoms with Gasteiger partial charge >= 0.3 is 5.97 Å². The molecular formula is C14H17F2NO3. The van der Waals surface area contributed by atoms with Crippen LogP contribution in [0.1, 0.15) is 36.2 Å². The van der Waals surface area contributed by atoms with Crippen molar-refractivity contribution >= 4 is 11.9 Å². The molecule has 0 fully saturated rings. The topological polar surface area (TPSA) is 66.4 Å². The van der Waals surface area contributed by atoms with E-state index in [0.717, 1.165) is 12.1 Å². The quantitative estimate of drug-likeness (QED) is 0.843. The van der Waals surface area contributed by atoms with Crippen LogP contribution in [0.2, 0.25) is 0 Å². The van der Waals surface area contributed by atoms with Gasteiger partial charge in [0.1, 0.15) is 11.6 Å². The van der Waals surface area contributed by atoms with Gasteiger partial charge in [-0.1, -0.05) is 13.8 Å². The third kappa shape index (κ3) is 4.60. The lowest BCUT2D eigenvalue weighted by molar-refractivity contribution is -0.136. The Hall–Kier alpha value is -1.98. The van der Waals surface area contributed by atoms with Crippen molar-refractivity contribution in [1.29, 1.82) is 0 Å². The number of carboxylic acid groups (broad SMARTS) is 1. The molecule has 0 atom stereocenters. The summed E-state index contributed by atoms with van der Waals surface area (Å²) in [5.74, 6) is -3.19. The maximum atomic E-state index is 13.8. The molecule has 0 saturated heterocycles. The Labute approximate surface area is 115 Å². The summed E-state index contributed by atoms with van der Waals surface area (Å²) in [7, 11) is 0. The summed E-state index contributed by atoms with van der Waals surface area (Å²) < 4.78 is 27.5. The predicted molar refractivity (Wildman–Crippen MR) is 69.5 cm³/mol. The van der Waals surface area contributed by atoms with Crippen molar-refractivity contribution in [2.24, 2.45) is 5.92 Å². The number of hydrogen-bond donors (Lipinski definition) is 2. The molecule has 0 saturated carbocycles. The highest BCUT2D eigenvalue weighted by atomic mass is 19.1. The average Bonchev–Trinajstić information content (AvgIpc) is 2.32. The van der Waals surface area contributed by atoms with Crippen LogP contribution < -0.4 is 5.32 Å². The minimum absolute atomic E-state index is 0.0397. The van der Waals surface area contributed by atoms with Gasteiger partial charge < -0.3 is 10.4 Å². The van der Waals surface area contributed by atoms with Crippen LogP contribution in [0.15, 0.2) is 12.1 Å². The zero-order chi connectivity index (χ0) is 15.3. The maximum absolute atomic E-state index is 13.8. The van der Waals surface area contributed by atoms with Gasteiger partial charge in [-0.3, -0.25) is 9.59 Å². The summed E-state index contributed by atoms with van der Waals surface area (Å²) in [6.07, 6.45) is 0.000712. The van der Waals surface area contributed by atoms with E-state index in [4.69, 9.17) is 5.11 Å². The van der Waals surface area contributed by atoms with Crippen LogP contribution in [0.4, 0.5) is 8.78 Å². The SMILES string of the molecule is CC(C)Cc1c(F)cc(C(=O)NCCC(=O)O)cc1F. The third-order valence-electron chi connectivity index (χ3n) is 2.64. The standard InChI is InChI=1S/C14H17F2NO3/c1-8(2)5-10-11(15)6-9(7-12(10)16)14(20)17-4-3-13(18)19/h6-8H,3-5H2,1-2H3,(H,17,20)(H,18,19). The molecular weight excluding hydrogens is 268 g/mol. The van der Waals surface area contributed by atoms with E-state index in [1.165, 1.54) is 0 Å². The second-order valence-electron chi connectivity index (χ2n) is 4.92. The molecule has 0 bridgehead atoms. The third-order valence-corrected chi connectivity index (χ3v) is 2.64. The van der Waals surface area contributed by atoms with Crippen molar-refractivity contribution in [3.8, 4) is 0 Å². The van der Waals surface area contributed by atoms with Gasteiger partial charge in [0.2, 0.25) is 0 Å². The highest BCUT2D eigenvalue weighted by Crippen LogP contribution is 2.19. The van der Waals surface area contributed by atoms with Crippen LogP contribution in [0.25, 0.3) is 0 Å². The molecule has 20 heavy (non-hydrogen) atoms. The summed E-state index contributed by atoms with van der Waals surface area (Å²) in [5, 5.41) is 10.7. The van der Waals surface area contributed by atoms with Gasteiger partial charge in [0.25, 0.3) is 5.91 Å². The number of carbonyl (C=O) groups is 2. The van der Waals surface area contributed by atoms with Gasteiger partial charge in [0.05, 0.1) is 6.42 Å². The molecule has 0 aliphatic heterocycles. The van der Waals surface area contributed by atoms with Crippen LogP contribution in [0, 0.1) is 17.6 Å². The number of benzene rings is 1. The molecule has 2 N–H and O–H groups in total. The molecule has 1 aromatic rings. The second-order valence-corrected chi connectivity index (χ2v) is 4.92. The molecule has 0 unspecified atom stereocenters. The Kier molecular flexibility index (Phi) is 5.61. The minimum atomic E-state index is -1.06. The molecule has 0 aliphatic rings. The van der Waals surface area contributed by atoms with Gasteiger partial charge in [0, 0.05) is 17.7 Å². The number of nitrogens with one attached hydrogen (secondary N) is 1. The Morgan fingerprint density at radius 3 is 2.25 bits per heavy atom. The van der Waals surface area contributed by atoms with Gasteiger partial charge in [-0.25, -0.2) is 8.78 Å². The number of aliphatic carboxylic acids is 1. The normalized spacial score (nSPS) is 10.7. The number of rotatable bonds is 6. The zero-order valence-electron chi connectivity index (χ0n) is 11.4. The highest BCUT2D eigenvalue weighted by Gasteiger charge is 2.16. The van der Waals surface area contributed by atoms with Crippen molar-refractivity contribution < 1.29 is 23.5 Å². The van der Waals surface area contributed by atoms with E-state index in [1.807, 2.05) is 13.8 Å². The summed E-state index contributed by atoms with van der Waals surface area (Å²) in [6.45, 7) is 3.59. The van der Waals surface area contributed by atoms with E-state index in [-0.39, 0.29) is 36.4 Å². The van der Waals surface area contributed by atoms with E-state index in [1.54, 1.807) is 0 Å². The summed E-state index contributed by atoms with van der Waals surface area (Å²) in [6, 6.07) is 1.94. The number of halogens is 2. The minimum Gasteiger partial charge on any atom is -0.481 e. The molecule has 1 rings (SSSR count). The molecule has 0 aliphatic carbocycles. The van der Waals surface area contributed by atoms with Gasteiger partial charge in [-0.2, -0.15) is 0 Å². The highest BCUT2D eigenvalue weighted by molar-refractivity contribution is 5.94. The van der Waals surface area contributed by atoms with Gasteiger partial charge in [-0.15, -0.1) is 0 Å². The smallest absolute Gasteiger partial charge is 0.305 e. The van der Waals surface area contributed by atoms with Crippen molar-refractivity contribution in [3.05, 3.63) is 34.9 Å². The Bertz CT molecular complexity index is 492. The molecule has 0 spiro atoms. The predicted octanol–water partition coefficient (Wildman–Crippen LogP) is 2.37. The van der Waals surface area contributed by atoms with Gasteiger partial charge in [-0.05, 0) is 24.5 Å². The van der Waals surface area contributed by atoms with E-state index in [9.17, 15) is 18.4 Å². The van der Waals surface area contributed by atoms with Crippen LogP contribution in [-0.2, 0) is 11.2 Å². The van der Waals surface area contributed by atoms with Gasteiger partial charge in [0.15, 0.2) is 0 Å². The van der Waals surface area contributed by atoms with Crippen LogP contribution >= 0.6 is 0 Å². The number of carbonyl (C=O) groups excluding carboxylic acids is 1. The monoisotopic (exact) mass is 285 g/mol. The Balaban J connectivity index is 2.82. The maximum Gasteiger partial charge on any atom is 0.305 e. The lowest BCUT2D eigenvalue weighted by Gasteiger charge is -2.10. The molecule has 1 amide bonds. The number of carboxylic acids is 1. The summed E-state index contributed by atoms with van der Waals surface area (Å²) >= 11 is 0. The van der Waals surface area contributed by atoms with E-state index in [0.29, 0.717) is 0 Å². The number of hydrogen-bond acceptors (Lipinski definition) is 2. The first kappa shape index (κ1) is 16.1. The van der Waals surface area contributed by atoms with Crippen molar-refractivity contribution in [3.63, 3.8) is 0 Å². The zero-order valence-corrected chi connectivity index (χ0v) is 11.4. The molecule has 6 heteroatoms. The molecule has 1 aromatic carbocycles. The Morgan fingerprint density at radius 1 is 1.25 bits per heavy atom. The fourth-order valence-corrected chi connectivity index (χ4v) is 1.72. The molecule has 4 nitrogen and oxygen atoms in total. The molecule has 0 aromatic heterocycles. The fourth-order valence-electron chi connectivity index (χ4n) is 1.72. The van der Waals surface area contributed by atoms with Crippen LogP contribution in [0.3, 0.4) is 0 Å². The summed E-state index contributed by atoms with van der Waals surface area (Å²) in [4.78, 5) is 21.9. The largest absolute Gasteiger partial charge is 0.481 e. The first-order valence-electron chi connectivity index (χ1n) is 6.29. The van der Waals surface area contributed by atoms with Crippen molar-refractivity contribution in [2.75, 3.05) is 6.54 Å². The number of amides is 1. The first-order valence-corrected chi connectivity index (χ1v) is 6.29. The van der Waals surface area contributed by atoms with E-state index in [2.05, 4.69) is 5.32 Å².